The number of rotatable bonds is 7. The highest BCUT2D eigenvalue weighted by molar-refractivity contribution is 7.09. The van der Waals surface area contributed by atoms with E-state index in [-0.39, 0.29) is 0 Å². The molecule has 0 radical (unpaired) electrons. The molecule has 1 aliphatic heterocycles. The fourth-order valence-corrected chi connectivity index (χ4v) is 3.90. The molecule has 1 aromatic heterocycles. The van der Waals surface area contributed by atoms with Crippen LogP contribution in [-0.2, 0) is 24.4 Å². The SMILES string of the molecule is CCNC(=NCc1ccccc1CN1CCOCC1)N(C)Cc1csc(C)n1. The van der Waals surface area contributed by atoms with Gasteiger partial charge in [-0.3, -0.25) is 4.90 Å². The fourth-order valence-electron chi connectivity index (χ4n) is 3.29. The van der Waals surface area contributed by atoms with E-state index in [9.17, 15) is 0 Å². The van der Waals surface area contributed by atoms with E-state index in [2.05, 4.69) is 63.7 Å². The minimum Gasteiger partial charge on any atom is -0.379 e. The first-order valence-electron chi connectivity index (χ1n) is 9.93. The number of aromatic nitrogens is 1. The van der Waals surface area contributed by atoms with Crippen molar-refractivity contribution in [3.05, 3.63) is 51.5 Å². The minimum atomic E-state index is 0.670. The maximum absolute atomic E-state index is 5.47. The number of aryl methyl sites for hydroxylation is 1. The molecule has 28 heavy (non-hydrogen) atoms. The molecule has 0 unspecified atom stereocenters. The van der Waals surface area contributed by atoms with E-state index >= 15 is 0 Å². The first-order valence-corrected chi connectivity index (χ1v) is 10.8. The molecule has 1 N–H and O–H groups in total. The third kappa shape index (κ3) is 6.02. The Kier molecular flexibility index (Phi) is 7.82. The topological polar surface area (TPSA) is 53.0 Å². The van der Waals surface area contributed by atoms with Crippen LogP contribution in [0.15, 0.2) is 34.6 Å². The van der Waals surface area contributed by atoms with Gasteiger partial charge < -0.3 is 15.0 Å². The lowest BCUT2D eigenvalue weighted by molar-refractivity contribution is 0.0341. The molecule has 0 aliphatic carbocycles. The van der Waals surface area contributed by atoms with Crippen LogP contribution in [0.2, 0.25) is 0 Å². The highest BCUT2D eigenvalue weighted by atomic mass is 32.1. The summed E-state index contributed by atoms with van der Waals surface area (Å²) in [6.07, 6.45) is 0. The van der Waals surface area contributed by atoms with Gasteiger partial charge in [-0.15, -0.1) is 11.3 Å². The quantitative estimate of drug-likeness (QED) is 0.571. The van der Waals surface area contributed by atoms with Crippen LogP contribution in [0.25, 0.3) is 0 Å². The summed E-state index contributed by atoms with van der Waals surface area (Å²) in [6, 6.07) is 8.62. The molecule has 1 aromatic carbocycles. The minimum absolute atomic E-state index is 0.670. The van der Waals surface area contributed by atoms with Crippen LogP contribution in [-0.4, -0.2) is 60.6 Å². The zero-order valence-corrected chi connectivity index (χ0v) is 18.0. The Morgan fingerprint density at radius 1 is 1.29 bits per heavy atom. The molecule has 1 aliphatic rings. The van der Waals surface area contributed by atoms with Crippen molar-refractivity contribution in [2.75, 3.05) is 39.9 Å². The van der Waals surface area contributed by atoms with Crippen LogP contribution < -0.4 is 5.32 Å². The van der Waals surface area contributed by atoms with Crippen LogP contribution in [0, 0.1) is 6.92 Å². The lowest BCUT2D eigenvalue weighted by Gasteiger charge is -2.27. The van der Waals surface area contributed by atoms with Crippen molar-refractivity contribution >= 4 is 17.3 Å². The lowest BCUT2D eigenvalue weighted by Crippen LogP contribution is -2.38. The van der Waals surface area contributed by atoms with Gasteiger partial charge in [-0.1, -0.05) is 24.3 Å². The van der Waals surface area contributed by atoms with E-state index in [4.69, 9.17) is 9.73 Å². The summed E-state index contributed by atoms with van der Waals surface area (Å²) in [5, 5.41) is 6.62. The molecular weight excluding hydrogens is 370 g/mol. The normalized spacial score (nSPS) is 15.6. The van der Waals surface area contributed by atoms with Gasteiger partial charge in [0, 0.05) is 38.6 Å². The van der Waals surface area contributed by atoms with Crippen molar-refractivity contribution in [3.8, 4) is 0 Å². The molecule has 152 valence electrons. The van der Waals surface area contributed by atoms with Gasteiger partial charge in [0.2, 0.25) is 0 Å². The van der Waals surface area contributed by atoms with Crippen molar-refractivity contribution in [3.63, 3.8) is 0 Å². The molecule has 0 atom stereocenters. The van der Waals surface area contributed by atoms with E-state index < -0.39 is 0 Å². The summed E-state index contributed by atoms with van der Waals surface area (Å²) >= 11 is 1.69. The van der Waals surface area contributed by atoms with E-state index in [1.807, 2.05) is 6.92 Å². The second kappa shape index (κ2) is 10.5. The van der Waals surface area contributed by atoms with E-state index in [0.717, 1.165) is 62.6 Å². The van der Waals surface area contributed by atoms with Crippen molar-refractivity contribution in [1.82, 2.24) is 20.1 Å². The number of nitrogens with one attached hydrogen (secondary N) is 1. The Labute approximate surface area is 172 Å². The predicted octanol–water partition coefficient (Wildman–Crippen LogP) is 2.88. The largest absolute Gasteiger partial charge is 0.379 e. The Balaban J connectivity index is 1.68. The molecule has 7 heteroatoms. The Bertz CT molecular complexity index is 770. The second-order valence-electron chi connectivity index (χ2n) is 7.04. The Morgan fingerprint density at radius 2 is 2.04 bits per heavy atom. The smallest absolute Gasteiger partial charge is 0.194 e. The summed E-state index contributed by atoms with van der Waals surface area (Å²) in [6.45, 7) is 11.0. The maximum atomic E-state index is 5.47. The zero-order chi connectivity index (χ0) is 19.8. The van der Waals surface area contributed by atoms with Crippen molar-refractivity contribution < 1.29 is 4.74 Å². The highest BCUT2D eigenvalue weighted by Gasteiger charge is 2.13. The predicted molar refractivity (Wildman–Crippen MR) is 116 cm³/mol. The van der Waals surface area contributed by atoms with Gasteiger partial charge in [-0.2, -0.15) is 0 Å². The molecule has 0 spiro atoms. The lowest BCUT2D eigenvalue weighted by atomic mass is 10.1. The first-order chi connectivity index (χ1) is 13.7. The first kappa shape index (κ1) is 20.8. The molecule has 3 rings (SSSR count). The molecule has 2 heterocycles. The number of thiazole rings is 1. The van der Waals surface area contributed by atoms with Crippen LogP contribution in [0.4, 0.5) is 0 Å². The molecule has 2 aromatic rings. The highest BCUT2D eigenvalue weighted by Crippen LogP contribution is 2.15. The summed E-state index contributed by atoms with van der Waals surface area (Å²) in [7, 11) is 2.07. The van der Waals surface area contributed by atoms with Gasteiger partial charge in [-0.25, -0.2) is 9.98 Å². The summed E-state index contributed by atoms with van der Waals surface area (Å²) < 4.78 is 5.47. The van der Waals surface area contributed by atoms with Crippen LogP contribution in [0.5, 0.6) is 0 Å². The number of nitrogens with zero attached hydrogens (tertiary/aromatic N) is 4. The average Bonchev–Trinajstić information content (AvgIpc) is 3.11. The molecule has 0 saturated carbocycles. The Morgan fingerprint density at radius 3 is 2.71 bits per heavy atom. The number of aliphatic imine (C=N–C) groups is 1. The summed E-state index contributed by atoms with van der Waals surface area (Å²) in [5.74, 6) is 0.911. The molecule has 1 fully saturated rings. The average molecular weight is 402 g/mol. The fraction of sp³-hybridized carbons (Fsp3) is 0.524. The monoisotopic (exact) mass is 401 g/mol. The number of benzene rings is 1. The van der Waals surface area contributed by atoms with Crippen molar-refractivity contribution in [2.24, 2.45) is 4.99 Å². The third-order valence-electron chi connectivity index (χ3n) is 4.78. The third-order valence-corrected chi connectivity index (χ3v) is 5.60. The molecule has 1 saturated heterocycles. The van der Waals surface area contributed by atoms with Gasteiger partial charge in [0.1, 0.15) is 0 Å². The molecule has 0 amide bonds. The maximum Gasteiger partial charge on any atom is 0.194 e. The molecule has 0 bridgehead atoms. The van der Waals surface area contributed by atoms with Gasteiger partial charge >= 0.3 is 0 Å². The van der Waals surface area contributed by atoms with Crippen LogP contribution in [0.3, 0.4) is 0 Å². The second-order valence-corrected chi connectivity index (χ2v) is 8.10. The number of morpholine rings is 1. The Hall–Kier alpha value is -1.96. The van der Waals surface area contributed by atoms with Gasteiger partial charge in [0.15, 0.2) is 5.96 Å². The number of ether oxygens (including phenoxy) is 1. The summed E-state index contributed by atoms with van der Waals surface area (Å²) in [4.78, 5) is 14.1. The number of hydrogen-bond acceptors (Lipinski definition) is 5. The van der Waals surface area contributed by atoms with E-state index in [1.54, 1.807) is 11.3 Å². The van der Waals surface area contributed by atoms with E-state index in [0.29, 0.717) is 6.54 Å². The summed E-state index contributed by atoms with van der Waals surface area (Å²) in [5.41, 5.74) is 3.72. The number of guanidine groups is 1. The molecular formula is C21H31N5OS. The standard InChI is InChI=1S/C21H31N5OS/c1-4-22-21(25(3)15-20-16-28-17(2)24-20)23-13-18-7-5-6-8-19(18)14-26-9-11-27-12-10-26/h5-8,16H,4,9-15H2,1-3H3,(H,22,23). The number of hydrogen-bond donors (Lipinski definition) is 1. The van der Waals surface area contributed by atoms with E-state index in [1.165, 1.54) is 11.1 Å². The zero-order valence-electron chi connectivity index (χ0n) is 17.1. The van der Waals surface area contributed by atoms with Crippen LogP contribution >= 0.6 is 11.3 Å². The van der Waals surface area contributed by atoms with Gasteiger partial charge in [0.05, 0.1) is 37.0 Å². The van der Waals surface area contributed by atoms with Gasteiger partial charge in [-0.05, 0) is 25.0 Å². The molecule has 6 nitrogen and oxygen atoms in total. The van der Waals surface area contributed by atoms with Crippen LogP contribution in [0.1, 0.15) is 28.8 Å². The van der Waals surface area contributed by atoms with Crippen molar-refractivity contribution in [2.45, 2.75) is 33.5 Å². The van der Waals surface area contributed by atoms with Crippen molar-refractivity contribution in [1.29, 1.82) is 0 Å². The van der Waals surface area contributed by atoms with Gasteiger partial charge in [0.25, 0.3) is 0 Å².